The maximum absolute atomic E-state index is 11.9. The highest BCUT2D eigenvalue weighted by atomic mass is 127. The van der Waals surface area contributed by atoms with E-state index >= 15 is 0 Å². The summed E-state index contributed by atoms with van der Waals surface area (Å²) in [4.78, 5) is 18.0. The van der Waals surface area contributed by atoms with Crippen LogP contribution in [-0.2, 0) is 11.2 Å². The van der Waals surface area contributed by atoms with Crippen LogP contribution in [0.4, 0.5) is 0 Å². The number of aryl methyl sites for hydroxylation is 1. The normalized spacial score (nSPS) is 14.8. The molecule has 0 radical (unpaired) electrons. The summed E-state index contributed by atoms with van der Waals surface area (Å²) in [7, 11) is 5.21. The van der Waals surface area contributed by atoms with E-state index in [4.69, 9.17) is 4.74 Å². The first-order valence-electron chi connectivity index (χ1n) is 9.88. The summed E-state index contributed by atoms with van der Waals surface area (Å²) in [5.41, 5.74) is 2.39. The van der Waals surface area contributed by atoms with Gasteiger partial charge in [0, 0.05) is 26.7 Å². The van der Waals surface area contributed by atoms with Crippen molar-refractivity contribution < 1.29 is 9.53 Å². The molecule has 7 heteroatoms. The topological polar surface area (TPSA) is 66.0 Å². The quantitative estimate of drug-likeness (QED) is 0.342. The molecule has 28 heavy (non-hydrogen) atoms. The van der Waals surface area contributed by atoms with Crippen molar-refractivity contribution in [3.05, 3.63) is 29.3 Å². The van der Waals surface area contributed by atoms with Crippen molar-refractivity contribution >= 4 is 35.8 Å². The average Bonchev–Trinajstić information content (AvgIpc) is 2.66. The van der Waals surface area contributed by atoms with Gasteiger partial charge >= 0.3 is 0 Å². The number of halogens is 1. The molecule has 158 valence electrons. The van der Waals surface area contributed by atoms with E-state index in [0.717, 1.165) is 37.5 Å². The fraction of sp³-hybridized carbons (Fsp3) is 0.619. The van der Waals surface area contributed by atoms with Gasteiger partial charge in [0.1, 0.15) is 12.3 Å². The Morgan fingerprint density at radius 1 is 1.25 bits per heavy atom. The van der Waals surface area contributed by atoms with Crippen molar-refractivity contribution in [2.75, 3.05) is 34.3 Å². The van der Waals surface area contributed by atoms with Gasteiger partial charge in [-0.25, -0.2) is 4.99 Å². The maximum Gasteiger partial charge on any atom is 0.243 e. The Kier molecular flexibility index (Phi) is 11.3. The first-order valence-corrected chi connectivity index (χ1v) is 9.88. The van der Waals surface area contributed by atoms with Crippen molar-refractivity contribution in [2.24, 2.45) is 4.99 Å². The number of methoxy groups -OCH3 is 1. The Hall–Kier alpha value is -1.51. The molecule has 0 saturated heterocycles. The number of likely N-dealkylation sites (N-methyl/N-ethyl adjacent to an activating group) is 1. The number of hydrogen-bond acceptors (Lipinski definition) is 3. The lowest BCUT2D eigenvalue weighted by Gasteiger charge is -2.25. The van der Waals surface area contributed by atoms with Crippen LogP contribution in [0, 0.1) is 6.92 Å². The third-order valence-corrected chi connectivity index (χ3v) is 4.94. The largest absolute Gasteiger partial charge is 0.496 e. The molecule has 0 spiro atoms. The van der Waals surface area contributed by atoms with E-state index in [-0.39, 0.29) is 36.4 Å². The van der Waals surface area contributed by atoms with Crippen LogP contribution >= 0.6 is 24.0 Å². The van der Waals surface area contributed by atoms with E-state index in [9.17, 15) is 4.79 Å². The number of amides is 1. The van der Waals surface area contributed by atoms with Crippen LogP contribution in [0.2, 0.25) is 0 Å². The second-order valence-corrected chi connectivity index (χ2v) is 7.42. The number of hydrogen-bond donors (Lipinski definition) is 2. The van der Waals surface area contributed by atoms with Crippen LogP contribution in [0.5, 0.6) is 5.75 Å². The Balaban J connectivity index is 0.00000392. The maximum atomic E-state index is 11.9. The van der Waals surface area contributed by atoms with Gasteiger partial charge in [-0.15, -0.1) is 24.0 Å². The molecule has 0 unspecified atom stereocenters. The van der Waals surface area contributed by atoms with Gasteiger partial charge < -0.3 is 20.3 Å². The second kappa shape index (κ2) is 12.9. The minimum absolute atomic E-state index is 0. The predicted molar refractivity (Wildman–Crippen MR) is 126 cm³/mol. The third-order valence-electron chi connectivity index (χ3n) is 4.94. The van der Waals surface area contributed by atoms with Crippen molar-refractivity contribution in [1.82, 2.24) is 15.5 Å². The molecule has 0 atom stereocenters. The van der Waals surface area contributed by atoms with Crippen molar-refractivity contribution in [1.29, 1.82) is 0 Å². The number of aliphatic imine (C=N–C) groups is 1. The molecule has 1 aliphatic carbocycles. The number of rotatable bonds is 7. The summed E-state index contributed by atoms with van der Waals surface area (Å²) >= 11 is 0. The molecule has 1 aromatic rings. The highest BCUT2D eigenvalue weighted by Crippen LogP contribution is 2.20. The standard InChI is InChI=1S/C21H34N4O2.HI/c1-16-10-11-19(27-4)17(14-16)12-13-22-21(23-15-20(26)25(2)3)24-18-8-6-5-7-9-18;/h10-11,14,18H,5-9,12-13,15H2,1-4H3,(H2,22,23,24);1H. The monoisotopic (exact) mass is 502 g/mol. The zero-order valence-electron chi connectivity index (χ0n) is 17.6. The molecule has 2 N–H and O–H groups in total. The van der Waals surface area contributed by atoms with Crippen LogP contribution in [0.1, 0.15) is 43.2 Å². The zero-order chi connectivity index (χ0) is 19.6. The van der Waals surface area contributed by atoms with Crippen molar-refractivity contribution in [3.63, 3.8) is 0 Å². The van der Waals surface area contributed by atoms with Crippen molar-refractivity contribution in [2.45, 2.75) is 51.5 Å². The highest BCUT2D eigenvalue weighted by Gasteiger charge is 2.15. The molecule has 1 aromatic carbocycles. The van der Waals surface area contributed by atoms with E-state index in [1.807, 2.05) is 6.07 Å². The van der Waals surface area contributed by atoms with E-state index in [1.54, 1.807) is 26.1 Å². The van der Waals surface area contributed by atoms with Crippen LogP contribution in [0.25, 0.3) is 0 Å². The van der Waals surface area contributed by atoms with E-state index in [1.165, 1.54) is 30.4 Å². The molecular formula is C21H35IN4O2. The lowest BCUT2D eigenvalue weighted by molar-refractivity contribution is -0.127. The van der Waals surface area contributed by atoms with Crippen LogP contribution < -0.4 is 15.4 Å². The van der Waals surface area contributed by atoms with Crippen LogP contribution in [0.3, 0.4) is 0 Å². The SMILES string of the molecule is COc1ccc(C)cc1CCNC(=NCC(=O)N(C)C)NC1CCCCC1.I. The smallest absolute Gasteiger partial charge is 0.243 e. The van der Waals surface area contributed by atoms with Gasteiger partial charge in [0.25, 0.3) is 0 Å². The summed E-state index contributed by atoms with van der Waals surface area (Å²) < 4.78 is 5.46. The molecule has 1 aliphatic rings. The van der Waals surface area contributed by atoms with E-state index < -0.39 is 0 Å². The summed E-state index contributed by atoms with van der Waals surface area (Å²) in [6.07, 6.45) is 6.97. The van der Waals surface area contributed by atoms with Gasteiger partial charge in [-0.05, 0) is 37.8 Å². The Morgan fingerprint density at radius 3 is 2.61 bits per heavy atom. The molecule has 1 fully saturated rings. The van der Waals surface area contributed by atoms with Gasteiger partial charge in [-0.2, -0.15) is 0 Å². The molecule has 1 amide bonds. The van der Waals surface area contributed by atoms with Crippen LogP contribution in [0.15, 0.2) is 23.2 Å². The number of ether oxygens (including phenoxy) is 1. The first kappa shape index (κ1) is 24.5. The summed E-state index contributed by atoms with van der Waals surface area (Å²) in [5.74, 6) is 1.63. The molecule has 0 heterocycles. The molecule has 2 rings (SSSR count). The summed E-state index contributed by atoms with van der Waals surface area (Å²) in [6.45, 7) is 2.97. The Morgan fingerprint density at radius 2 is 1.96 bits per heavy atom. The van der Waals surface area contributed by atoms with E-state index in [2.05, 4.69) is 34.7 Å². The minimum atomic E-state index is 0. The molecule has 0 aromatic heterocycles. The molecular weight excluding hydrogens is 467 g/mol. The zero-order valence-corrected chi connectivity index (χ0v) is 19.9. The lowest BCUT2D eigenvalue weighted by atomic mass is 9.96. The molecule has 0 bridgehead atoms. The van der Waals surface area contributed by atoms with Gasteiger partial charge in [0.2, 0.25) is 5.91 Å². The Labute approximate surface area is 186 Å². The highest BCUT2D eigenvalue weighted by molar-refractivity contribution is 14.0. The van der Waals surface area contributed by atoms with Gasteiger partial charge in [-0.1, -0.05) is 37.0 Å². The van der Waals surface area contributed by atoms with Gasteiger partial charge in [0.05, 0.1) is 7.11 Å². The number of guanidine groups is 1. The van der Waals surface area contributed by atoms with Gasteiger partial charge in [-0.3, -0.25) is 4.79 Å². The average molecular weight is 502 g/mol. The molecule has 0 aliphatic heterocycles. The number of carbonyl (C=O) groups excluding carboxylic acids is 1. The second-order valence-electron chi connectivity index (χ2n) is 7.42. The lowest BCUT2D eigenvalue weighted by Crippen LogP contribution is -2.45. The van der Waals surface area contributed by atoms with Gasteiger partial charge in [0.15, 0.2) is 5.96 Å². The first-order chi connectivity index (χ1) is 13.0. The number of nitrogens with one attached hydrogen (secondary N) is 2. The molecule has 6 nitrogen and oxygen atoms in total. The number of nitrogens with zero attached hydrogens (tertiary/aromatic N) is 2. The fourth-order valence-electron chi connectivity index (χ4n) is 3.30. The molecule has 1 saturated carbocycles. The summed E-state index contributed by atoms with van der Waals surface area (Å²) in [6, 6.07) is 6.66. The van der Waals surface area contributed by atoms with Crippen LogP contribution in [-0.4, -0.2) is 57.1 Å². The van der Waals surface area contributed by atoms with E-state index in [0.29, 0.717) is 6.04 Å². The Bertz CT molecular complexity index is 643. The number of benzene rings is 1. The van der Waals surface area contributed by atoms with Crippen molar-refractivity contribution in [3.8, 4) is 5.75 Å². The number of carbonyl (C=O) groups is 1. The third kappa shape index (κ3) is 8.24. The minimum Gasteiger partial charge on any atom is -0.496 e. The summed E-state index contributed by atoms with van der Waals surface area (Å²) in [5, 5.41) is 6.91. The predicted octanol–water partition coefficient (Wildman–Crippen LogP) is 3.12. The fourth-order valence-corrected chi connectivity index (χ4v) is 3.30.